The van der Waals surface area contributed by atoms with Gasteiger partial charge in [0.25, 0.3) is 0 Å². The number of hydrogen-bond donors (Lipinski definition) is 1. The van der Waals surface area contributed by atoms with Gasteiger partial charge in [0.05, 0.1) is 22.0 Å². The maximum atomic E-state index is 12.8. The summed E-state index contributed by atoms with van der Waals surface area (Å²) in [5, 5.41) is 3.60. The molecule has 1 fully saturated rings. The molecule has 0 unspecified atom stereocenters. The molecule has 0 amide bonds. The first-order chi connectivity index (χ1) is 10.4. The molecule has 0 aliphatic carbocycles. The van der Waals surface area contributed by atoms with E-state index < -0.39 is 11.7 Å². The monoisotopic (exact) mass is 325 g/mol. The third kappa shape index (κ3) is 2.01. The van der Waals surface area contributed by atoms with Crippen LogP contribution in [-0.4, -0.2) is 17.7 Å². The highest BCUT2D eigenvalue weighted by atomic mass is 35.5. The molecule has 2 aromatic rings. The minimum atomic E-state index is -4.39. The first-order valence-electron chi connectivity index (χ1n) is 6.85. The molecule has 0 spiro atoms. The zero-order valence-electron chi connectivity index (χ0n) is 11.3. The summed E-state index contributed by atoms with van der Waals surface area (Å²) < 4.78 is 38.5. The van der Waals surface area contributed by atoms with Gasteiger partial charge in [-0.1, -0.05) is 23.7 Å². The molecule has 2 aliphatic rings. The summed E-state index contributed by atoms with van der Waals surface area (Å²) >= 11 is 6.25. The van der Waals surface area contributed by atoms with Crippen molar-refractivity contribution in [2.24, 2.45) is 0 Å². The topological polar surface area (TPSA) is 28.2 Å². The standard InChI is InChI=1S/C15H11ClF3N3/c16-10-7-11-14(20-12-4-5-22(11)12)21-13(10)8-2-1-3-9(6-8)15(17,18)19/h1-3,6-7,12H,4-5H2,(H,20,21)/t12-/m1/s1. The van der Waals surface area contributed by atoms with Crippen molar-refractivity contribution in [3.63, 3.8) is 0 Å². The lowest BCUT2D eigenvalue weighted by atomic mass is 10.1. The van der Waals surface area contributed by atoms with Crippen molar-refractivity contribution in [1.29, 1.82) is 0 Å². The summed E-state index contributed by atoms with van der Waals surface area (Å²) in [7, 11) is 0. The molecule has 0 saturated carbocycles. The van der Waals surface area contributed by atoms with Gasteiger partial charge in [0.15, 0.2) is 5.82 Å². The van der Waals surface area contributed by atoms with E-state index in [9.17, 15) is 13.2 Å². The van der Waals surface area contributed by atoms with Gasteiger partial charge in [-0.2, -0.15) is 13.2 Å². The molecule has 3 heterocycles. The van der Waals surface area contributed by atoms with Gasteiger partial charge in [-0.3, -0.25) is 0 Å². The minimum absolute atomic E-state index is 0.232. The van der Waals surface area contributed by atoms with Crippen LogP contribution in [0.5, 0.6) is 0 Å². The van der Waals surface area contributed by atoms with Crippen molar-refractivity contribution in [2.75, 3.05) is 16.8 Å². The zero-order chi connectivity index (χ0) is 15.5. The number of anilines is 2. The number of alkyl halides is 3. The Bertz CT molecular complexity index is 760. The number of hydrogen-bond acceptors (Lipinski definition) is 3. The van der Waals surface area contributed by atoms with Crippen molar-refractivity contribution in [3.8, 4) is 11.3 Å². The number of nitrogens with zero attached hydrogens (tertiary/aromatic N) is 2. The molecule has 1 atom stereocenters. The van der Waals surface area contributed by atoms with Crippen LogP contribution >= 0.6 is 11.6 Å². The van der Waals surface area contributed by atoms with Crippen LogP contribution in [0, 0.1) is 0 Å². The van der Waals surface area contributed by atoms with Crippen LogP contribution in [-0.2, 0) is 6.18 Å². The summed E-state index contributed by atoms with van der Waals surface area (Å²) in [6.45, 7) is 0.936. The molecular weight excluding hydrogens is 315 g/mol. The van der Waals surface area contributed by atoms with Gasteiger partial charge in [0.2, 0.25) is 0 Å². The normalized spacial score (nSPS) is 19.3. The maximum absolute atomic E-state index is 12.8. The van der Waals surface area contributed by atoms with Crippen LogP contribution in [0.3, 0.4) is 0 Å². The Hall–Kier alpha value is -1.95. The third-order valence-corrected chi connectivity index (χ3v) is 4.34. The Morgan fingerprint density at radius 2 is 2.09 bits per heavy atom. The molecule has 1 aromatic heterocycles. The Morgan fingerprint density at radius 3 is 2.77 bits per heavy atom. The number of halogens is 4. The highest BCUT2D eigenvalue weighted by Crippen LogP contribution is 2.43. The minimum Gasteiger partial charge on any atom is -0.348 e. The second kappa shape index (κ2) is 4.52. The molecule has 0 radical (unpaired) electrons. The van der Waals surface area contributed by atoms with Crippen LogP contribution < -0.4 is 10.2 Å². The van der Waals surface area contributed by atoms with Gasteiger partial charge in [0.1, 0.15) is 6.17 Å². The lowest BCUT2D eigenvalue weighted by Crippen LogP contribution is -2.48. The van der Waals surface area contributed by atoms with Crippen molar-refractivity contribution in [2.45, 2.75) is 18.8 Å². The van der Waals surface area contributed by atoms with E-state index in [1.54, 1.807) is 12.1 Å². The fourth-order valence-electron chi connectivity index (χ4n) is 2.83. The Balaban J connectivity index is 1.79. The SMILES string of the molecule is FC(F)(F)c1cccc(-c2nc3c(cc2Cl)N2CC[C@@H]2N3)c1. The van der Waals surface area contributed by atoms with Gasteiger partial charge in [-0.15, -0.1) is 0 Å². The summed E-state index contributed by atoms with van der Waals surface area (Å²) in [4.78, 5) is 6.58. The van der Waals surface area contributed by atoms with E-state index in [4.69, 9.17) is 11.6 Å². The molecule has 22 heavy (non-hydrogen) atoms. The molecule has 4 rings (SSSR count). The van der Waals surface area contributed by atoms with Crippen LogP contribution in [0.4, 0.5) is 24.7 Å². The number of nitrogens with one attached hydrogen (secondary N) is 1. The highest BCUT2D eigenvalue weighted by molar-refractivity contribution is 6.33. The van der Waals surface area contributed by atoms with Crippen LogP contribution in [0.25, 0.3) is 11.3 Å². The largest absolute Gasteiger partial charge is 0.416 e. The zero-order valence-corrected chi connectivity index (χ0v) is 12.0. The van der Waals surface area contributed by atoms with Crippen LogP contribution in [0.2, 0.25) is 5.02 Å². The summed E-state index contributed by atoms with van der Waals surface area (Å²) in [6, 6.07) is 6.83. The number of benzene rings is 1. The summed E-state index contributed by atoms with van der Waals surface area (Å²) in [5.74, 6) is 0.680. The Labute approximate surface area is 129 Å². The fourth-order valence-corrected chi connectivity index (χ4v) is 3.09. The maximum Gasteiger partial charge on any atom is 0.416 e. The molecular formula is C15H11ClF3N3. The van der Waals surface area contributed by atoms with E-state index in [0.717, 1.165) is 30.8 Å². The van der Waals surface area contributed by atoms with Gasteiger partial charge in [-0.05, 0) is 18.2 Å². The number of aromatic nitrogens is 1. The van der Waals surface area contributed by atoms with Crippen molar-refractivity contribution >= 4 is 23.1 Å². The first kappa shape index (κ1) is 13.7. The Morgan fingerprint density at radius 1 is 1.27 bits per heavy atom. The van der Waals surface area contributed by atoms with Crippen LogP contribution in [0.1, 0.15) is 12.0 Å². The van der Waals surface area contributed by atoms with Crippen LogP contribution in [0.15, 0.2) is 30.3 Å². The highest BCUT2D eigenvalue weighted by Gasteiger charge is 2.37. The van der Waals surface area contributed by atoms with Gasteiger partial charge in [-0.25, -0.2) is 4.98 Å². The number of fused-ring (bicyclic) bond motifs is 3. The average molecular weight is 326 g/mol. The van der Waals surface area contributed by atoms with Crippen molar-refractivity contribution in [1.82, 2.24) is 4.98 Å². The van der Waals surface area contributed by atoms with Crippen molar-refractivity contribution < 1.29 is 13.2 Å². The molecule has 1 N–H and O–H groups in total. The molecule has 2 aliphatic heterocycles. The lowest BCUT2D eigenvalue weighted by Gasteiger charge is -2.36. The van der Waals surface area contributed by atoms with Crippen molar-refractivity contribution in [3.05, 3.63) is 40.9 Å². The van der Waals surface area contributed by atoms with E-state index in [1.165, 1.54) is 6.07 Å². The van der Waals surface area contributed by atoms with E-state index in [-0.39, 0.29) is 6.17 Å². The summed E-state index contributed by atoms with van der Waals surface area (Å²) in [6.07, 6.45) is -3.13. The first-order valence-corrected chi connectivity index (χ1v) is 7.22. The van der Waals surface area contributed by atoms with E-state index in [1.807, 2.05) is 0 Å². The summed E-state index contributed by atoms with van der Waals surface area (Å²) in [5.41, 5.74) is 0.928. The molecule has 1 aromatic carbocycles. The quantitative estimate of drug-likeness (QED) is 0.843. The molecule has 3 nitrogen and oxygen atoms in total. The average Bonchev–Trinajstić information content (AvgIpc) is 2.67. The fraction of sp³-hybridized carbons (Fsp3) is 0.267. The van der Waals surface area contributed by atoms with Gasteiger partial charge >= 0.3 is 6.18 Å². The van der Waals surface area contributed by atoms with Gasteiger partial charge < -0.3 is 10.2 Å². The Kier molecular flexibility index (Phi) is 2.81. The molecule has 0 bridgehead atoms. The number of rotatable bonds is 1. The second-order valence-corrected chi connectivity index (χ2v) is 5.81. The predicted molar refractivity (Wildman–Crippen MR) is 79.1 cm³/mol. The lowest BCUT2D eigenvalue weighted by molar-refractivity contribution is -0.137. The molecule has 7 heteroatoms. The van der Waals surface area contributed by atoms with E-state index >= 15 is 0 Å². The van der Waals surface area contributed by atoms with Gasteiger partial charge in [0, 0.05) is 18.5 Å². The smallest absolute Gasteiger partial charge is 0.348 e. The number of pyridine rings is 1. The molecule has 114 valence electrons. The van der Waals surface area contributed by atoms with E-state index in [2.05, 4.69) is 15.2 Å². The second-order valence-electron chi connectivity index (χ2n) is 5.41. The molecule has 1 saturated heterocycles. The third-order valence-electron chi connectivity index (χ3n) is 4.05. The predicted octanol–water partition coefficient (Wildman–Crippen LogP) is 4.38. The van der Waals surface area contributed by atoms with E-state index in [0.29, 0.717) is 22.1 Å².